The van der Waals surface area contributed by atoms with Crippen molar-refractivity contribution in [3.8, 4) is 0 Å². The molecular formula is C7H17NO2. The largest absolute Gasteiger partial charge is 0.367 e. The van der Waals surface area contributed by atoms with Crippen molar-refractivity contribution in [3.63, 3.8) is 0 Å². The molecule has 0 aromatic rings. The lowest BCUT2D eigenvalue weighted by atomic mass is 10.3. The molecule has 62 valence electrons. The molecule has 3 nitrogen and oxygen atoms in total. The molecule has 0 fully saturated rings. The van der Waals surface area contributed by atoms with Gasteiger partial charge in [0.15, 0.2) is 6.29 Å². The van der Waals surface area contributed by atoms with Gasteiger partial charge in [-0.2, -0.15) is 0 Å². The molecule has 3 heteroatoms. The van der Waals surface area contributed by atoms with Gasteiger partial charge in [0.25, 0.3) is 0 Å². The molecule has 0 radical (unpaired) electrons. The van der Waals surface area contributed by atoms with E-state index in [0.29, 0.717) is 0 Å². The Morgan fingerprint density at radius 3 is 2.20 bits per heavy atom. The van der Waals surface area contributed by atoms with Crippen LogP contribution in [0.4, 0.5) is 0 Å². The summed E-state index contributed by atoms with van der Waals surface area (Å²) in [5.74, 6) is 0. The molecule has 0 amide bonds. The lowest BCUT2D eigenvalue weighted by Gasteiger charge is -2.25. The van der Waals surface area contributed by atoms with Crippen molar-refractivity contribution >= 4 is 0 Å². The van der Waals surface area contributed by atoms with Crippen molar-refractivity contribution in [1.29, 1.82) is 0 Å². The number of hydrogen-bond acceptors (Lipinski definition) is 3. The fourth-order valence-corrected chi connectivity index (χ4v) is 0.784. The molecule has 0 aromatic carbocycles. The summed E-state index contributed by atoms with van der Waals surface area (Å²) in [6.45, 7) is 4.76. The zero-order valence-corrected chi connectivity index (χ0v) is 6.91. The van der Waals surface area contributed by atoms with Gasteiger partial charge in [0, 0.05) is 0 Å². The van der Waals surface area contributed by atoms with Crippen LogP contribution in [0.25, 0.3) is 0 Å². The molecular weight excluding hydrogens is 130 g/mol. The van der Waals surface area contributed by atoms with Crippen molar-refractivity contribution in [2.45, 2.75) is 32.6 Å². The SMILES string of the molecule is CCCN(C)C(C)C(O)O. The summed E-state index contributed by atoms with van der Waals surface area (Å²) in [6.07, 6.45) is -0.190. The third-order valence-electron chi connectivity index (χ3n) is 1.70. The minimum Gasteiger partial charge on any atom is -0.367 e. The van der Waals surface area contributed by atoms with Gasteiger partial charge in [-0.3, -0.25) is 4.90 Å². The lowest BCUT2D eigenvalue weighted by Crippen LogP contribution is -2.39. The summed E-state index contributed by atoms with van der Waals surface area (Å²) in [7, 11) is 1.88. The Morgan fingerprint density at radius 2 is 1.90 bits per heavy atom. The highest BCUT2D eigenvalue weighted by Gasteiger charge is 2.14. The molecule has 0 aliphatic carbocycles. The van der Waals surface area contributed by atoms with Crippen LogP contribution in [-0.2, 0) is 0 Å². The maximum Gasteiger partial charge on any atom is 0.166 e. The highest BCUT2D eigenvalue weighted by Crippen LogP contribution is 1.99. The van der Waals surface area contributed by atoms with Crippen molar-refractivity contribution in [2.75, 3.05) is 13.6 Å². The number of aliphatic hydroxyl groups is 2. The molecule has 0 rings (SSSR count). The first kappa shape index (κ1) is 9.88. The first-order chi connectivity index (χ1) is 4.59. The van der Waals surface area contributed by atoms with Crippen LogP contribution >= 0.6 is 0 Å². The quantitative estimate of drug-likeness (QED) is 0.551. The Bertz CT molecular complexity index is 85.7. The molecule has 0 bridgehead atoms. The van der Waals surface area contributed by atoms with Crippen molar-refractivity contribution in [2.24, 2.45) is 0 Å². The molecule has 1 atom stereocenters. The molecule has 0 aromatic heterocycles. The van der Waals surface area contributed by atoms with E-state index in [1.165, 1.54) is 0 Å². The van der Waals surface area contributed by atoms with Crippen molar-refractivity contribution in [1.82, 2.24) is 4.90 Å². The molecule has 0 heterocycles. The van der Waals surface area contributed by atoms with E-state index >= 15 is 0 Å². The maximum absolute atomic E-state index is 8.73. The maximum atomic E-state index is 8.73. The van der Waals surface area contributed by atoms with E-state index < -0.39 is 6.29 Å². The van der Waals surface area contributed by atoms with E-state index in [1.54, 1.807) is 6.92 Å². The monoisotopic (exact) mass is 147 g/mol. The third-order valence-corrected chi connectivity index (χ3v) is 1.70. The third kappa shape index (κ3) is 3.15. The Hall–Kier alpha value is -0.120. The topological polar surface area (TPSA) is 43.7 Å². The highest BCUT2D eigenvalue weighted by molar-refractivity contribution is 4.63. The van der Waals surface area contributed by atoms with Crippen LogP contribution in [0.5, 0.6) is 0 Å². The lowest BCUT2D eigenvalue weighted by molar-refractivity contribution is -0.0897. The van der Waals surface area contributed by atoms with E-state index in [4.69, 9.17) is 10.2 Å². The van der Waals surface area contributed by atoms with Gasteiger partial charge in [0.05, 0.1) is 6.04 Å². The molecule has 0 aliphatic heterocycles. The second-order valence-electron chi connectivity index (χ2n) is 2.63. The van der Waals surface area contributed by atoms with E-state index in [9.17, 15) is 0 Å². The zero-order valence-electron chi connectivity index (χ0n) is 6.91. The second-order valence-corrected chi connectivity index (χ2v) is 2.63. The fourth-order valence-electron chi connectivity index (χ4n) is 0.784. The second kappa shape index (κ2) is 4.66. The average Bonchev–Trinajstić information content (AvgIpc) is 1.87. The van der Waals surface area contributed by atoms with Gasteiger partial charge in [-0.1, -0.05) is 6.92 Å². The Labute approximate surface area is 62.3 Å². The van der Waals surface area contributed by atoms with Gasteiger partial charge in [-0.25, -0.2) is 0 Å². The van der Waals surface area contributed by atoms with Crippen LogP contribution in [0, 0.1) is 0 Å². The van der Waals surface area contributed by atoms with Crippen LogP contribution in [0.2, 0.25) is 0 Å². The van der Waals surface area contributed by atoms with Crippen LogP contribution in [0.1, 0.15) is 20.3 Å². The van der Waals surface area contributed by atoms with Crippen molar-refractivity contribution in [3.05, 3.63) is 0 Å². The summed E-state index contributed by atoms with van der Waals surface area (Å²) in [6, 6.07) is -0.167. The molecule has 0 spiro atoms. The van der Waals surface area contributed by atoms with Crippen molar-refractivity contribution < 1.29 is 10.2 Å². The first-order valence-electron chi connectivity index (χ1n) is 3.66. The standard InChI is InChI=1S/C7H17NO2/c1-4-5-8(3)6(2)7(9)10/h6-7,9-10H,4-5H2,1-3H3. The number of aliphatic hydroxyl groups excluding tert-OH is 1. The number of nitrogens with zero attached hydrogens (tertiary/aromatic N) is 1. The van der Waals surface area contributed by atoms with Crippen LogP contribution in [0.3, 0.4) is 0 Å². The number of rotatable bonds is 4. The summed E-state index contributed by atoms with van der Waals surface area (Å²) in [5, 5.41) is 17.5. The van der Waals surface area contributed by atoms with Crippen LogP contribution < -0.4 is 0 Å². The molecule has 0 saturated carbocycles. The van der Waals surface area contributed by atoms with Gasteiger partial charge in [0.1, 0.15) is 0 Å². The fraction of sp³-hybridized carbons (Fsp3) is 1.00. The van der Waals surface area contributed by atoms with E-state index in [-0.39, 0.29) is 6.04 Å². The molecule has 0 saturated heterocycles. The highest BCUT2D eigenvalue weighted by atomic mass is 16.5. The van der Waals surface area contributed by atoms with E-state index in [0.717, 1.165) is 13.0 Å². The van der Waals surface area contributed by atoms with Crippen LogP contribution in [0.15, 0.2) is 0 Å². The predicted octanol–water partition coefficient (Wildman–Crippen LogP) is 0.0274. The number of hydrogen-bond donors (Lipinski definition) is 2. The molecule has 1 unspecified atom stereocenters. The number of likely N-dealkylation sites (N-methyl/N-ethyl adjacent to an activating group) is 1. The van der Waals surface area contributed by atoms with Gasteiger partial charge < -0.3 is 10.2 Å². The first-order valence-corrected chi connectivity index (χ1v) is 3.66. The average molecular weight is 147 g/mol. The summed E-state index contributed by atoms with van der Waals surface area (Å²) < 4.78 is 0. The molecule has 0 aliphatic rings. The smallest absolute Gasteiger partial charge is 0.166 e. The summed E-state index contributed by atoms with van der Waals surface area (Å²) >= 11 is 0. The molecule has 10 heavy (non-hydrogen) atoms. The van der Waals surface area contributed by atoms with E-state index in [2.05, 4.69) is 6.92 Å². The van der Waals surface area contributed by atoms with Crippen LogP contribution in [-0.4, -0.2) is 41.0 Å². The Morgan fingerprint density at radius 1 is 1.40 bits per heavy atom. The Kier molecular flexibility index (Phi) is 4.60. The van der Waals surface area contributed by atoms with Gasteiger partial charge >= 0.3 is 0 Å². The zero-order chi connectivity index (χ0) is 8.15. The Balaban J connectivity index is 3.58. The predicted molar refractivity (Wildman–Crippen MR) is 40.6 cm³/mol. The summed E-state index contributed by atoms with van der Waals surface area (Å²) in [4.78, 5) is 1.92. The minimum atomic E-state index is -1.23. The van der Waals surface area contributed by atoms with Gasteiger partial charge in [-0.15, -0.1) is 0 Å². The van der Waals surface area contributed by atoms with Gasteiger partial charge in [0.2, 0.25) is 0 Å². The summed E-state index contributed by atoms with van der Waals surface area (Å²) in [5.41, 5.74) is 0. The molecule has 2 N–H and O–H groups in total. The van der Waals surface area contributed by atoms with Gasteiger partial charge in [-0.05, 0) is 26.9 Å². The normalized spacial score (nSPS) is 14.7. The minimum absolute atomic E-state index is 0.167. The van der Waals surface area contributed by atoms with E-state index in [1.807, 2.05) is 11.9 Å².